The molecule has 3 rings (SSSR count). The van der Waals surface area contributed by atoms with E-state index in [9.17, 15) is 35.5 Å². The fourth-order valence-electron chi connectivity index (χ4n) is 2.54. The van der Waals surface area contributed by atoms with Crippen molar-refractivity contribution < 1.29 is 39.9 Å². The van der Waals surface area contributed by atoms with Gasteiger partial charge in [-0.25, -0.2) is 4.39 Å². The number of nitrogens with one attached hydrogen (secondary N) is 1. The summed E-state index contributed by atoms with van der Waals surface area (Å²) in [4.78, 5) is 12.3. The summed E-state index contributed by atoms with van der Waals surface area (Å²) in [6, 6.07) is 9.57. The van der Waals surface area contributed by atoms with Gasteiger partial charge in [-0.3, -0.25) is 4.79 Å². The zero-order chi connectivity index (χ0) is 21.4. The number of amides is 1. The van der Waals surface area contributed by atoms with E-state index in [-0.39, 0.29) is 17.4 Å². The molecule has 1 N–H and O–H groups in total. The normalized spacial score (nSPS) is 12.1. The fraction of sp³-hybridized carbons (Fsp3) is 0.105. The number of hydrogen-bond donors (Lipinski definition) is 1. The van der Waals surface area contributed by atoms with Crippen molar-refractivity contribution in [2.45, 2.75) is 12.4 Å². The van der Waals surface area contributed by atoms with E-state index < -0.39 is 46.7 Å². The molecule has 0 saturated heterocycles. The van der Waals surface area contributed by atoms with Gasteiger partial charge in [0, 0.05) is 11.3 Å². The van der Waals surface area contributed by atoms with Crippen molar-refractivity contribution in [3.63, 3.8) is 0 Å². The molecule has 1 aromatic heterocycles. The quantitative estimate of drug-likeness (QED) is 0.503. The summed E-state index contributed by atoms with van der Waals surface area (Å²) < 4.78 is 96.4. The van der Waals surface area contributed by atoms with Gasteiger partial charge in [0.05, 0.1) is 11.1 Å². The minimum absolute atomic E-state index is 0.197. The van der Waals surface area contributed by atoms with Crippen LogP contribution in [0.3, 0.4) is 0 Å². The average Bonchev–Trinajstić information content (AvgIpc) is 3.07. The SMILES string of the molecule is O=C(Nc1cc(F)cc(C(F)(F)F)c1)c1cc(-c2ccccc2)oc1C(F)(F)F. The Kier molecular flexibility index (Phi) is 5.12. The molecule has 0 radical (unpaired) electrons. The topological polar surface area (TPSA) is 42.2 Å². The Morgan fingerprint density at radius 3 is 2.10 bits per heavy atom. The van der Waals surface area contributed by atoms with Crippen LogP contribution in [0, 0.1) is 5.82 Å². The van der Waals surface area contributed by atoms with Gasteiger partial charge in [-0.15, -0.1) is 0 Å². The first-order valence-corrected chi connectivity index (χ1v) is 7.91. The Morgan fingerprint density at radius 1 is 0.862 bits per heavy atom. The van der Waals surface area contributed by atoms with Gasteiger partial charge in [-0.05, 0) is 24.3 Å². The molecule has 0 fully saturated rings. The molecule has 0 saturated carbocycles. The third-order valence-electron chi connectivity index (χ3n) is 3.78. The first-order chi connectivity index (χ1) is 13.4. The predicted molar refractivity (Wildman–Crippen MR) is 88.5 cm³/mol. The summed E-state index contributed by atoms with van der Waals surface area (Å²) in [6.45, 7) is 0. The largest absolute Gasteiger partial charge is 0.451 e. The highest BCUT2D eigenvalue weighted by Crippen LogP contribution is 2.38. The second-order valence-electron chi connectivity index (χ2n) is 5.90. The van der Waals surface area contributed by atoms with Crippen LogP contribution in [0.1, 0.15) is 21.7 Å². The minimum Gasteiger partial charge on any atom is -0.451 e. The van der Waals surface area contributed by atoms with Crippen LogP contribution < -0.4 is 5.32 Å². The number of carbonyl (C=O) groups excluding carboxylic acids is 1. The first-order valence-electron chi connectivity index (χ1n) is 7.91. The molecule has 3 nitrogen and oxygen atoms in total. The maximum Gasteiger partial charge on any atom is 0.450 e. The van der Waals surface area contributed by atoms with E-state index in [0.29, 0.717) is 12.1 Å². The lowest BCUT2D eigenvalue weighted by atomic mass is 10.1. The summed E-state index contributed by atoms with van der Waals surface area (Å²) in [5.41, 5.74) is -2.75. The Hall–Kier alpha value is -3.30. The number of hydrogen-bond acceptors (Lipinski definition) is 2. The van der Waals surface area contributed by atoms with E-state index in [1.165, 1.54) is 24.3 Å². The van der Waals surface area contributed by atoms with Crippen LogP contribution in [-0.2, 0) is 12.4 Å². The number of furan rings is 1. The van der Waals surface area contributed by atoms with Gasteiger partial charge < -0.3 is 9.73 Å². The van der Waals surface area contributed by atoms with Crippen molar-refractivity contribution in [1.29, 1.82) is 0 Å². The zero-order valence-corrected chi connectivity index (χ0v) is 14.2. The summed E-state index contributed by atoms with van der Waals surface area (Å²) in [7, 11) is 0. The molecule has 0 bridgehead atoms. The second kappa shape index (κ2) is 7.26. The molecule has 1 heterocycles. The Labute approximate surface area is 158 Å². The maximum absolute atomic E-state index is 13.5. The van der Waals surface area contributed by atoms with Crippen molar-refractivity contribution in [3.05, 3.63) is 77.3 Å². The van der Waals surface area contributed by atoms with Gasteiger partial charge in [0.15, 0.2) is 0 Å². The monoisotopic (exact) mass is 417 g/mol. The third kappa shape index (κ3) is 4.58. The predicted octanol–water partition coefficient (Wildman–Crippen LogP) is 6.38. The molecule has 0 aliphatic rings. The number of halogens is 7. The summed E-state index contributed by atoms with van der Waals surface area (Å²) >= 11 is 0. The molecule has 0 spiro atoms. The minimum atomic E-state index is -5.04. The van der Waals surface area contributed by atoms with Gasteiger partial charge in [0.25, 0.3) is 5.91 Å². The van der Waals surface area contributed by atoms with Gasteiger partial charge in [0.2, 0.25) is 5.76 Å². The van der Waals surface area contributed by atoms with Crippen molar-refractivity contribution >= 4 is 11.6 Å². The summed E-state index contributed by atoms with van der Waals surface area (Å²) in [5.74, 6) is -4.61. The van der Waals surface area contributed by atoms with Gasteiger partial charge in [-0.1, -0.05) is 30.3 Å². The van der Waals surface area contributed by atoms with E-state index in [4.69, 9.17) is 4.42 Å². The molecule has 0 unspecified atom stereocenters. The van der Waals surface area contributed by atoms with Gasteiger partial charge in [-0.2, -0.15) is 26.3 Å². The molecule has 2 aromatic carbocycles. The van der Waals surface area contributed by atoms with Crippen molar-refractivity contribution in [3.8, 4) is 11.3 Å². The molecule has 152 valence electrons. The lowest BCUT2D eigenvalue weighted by Gasteiger charge is -2.11. The van der Waals surface area contributed by atoms with Crippen LogP contribution in [0.2, 0.25) is 0 Å². The molecule has 0 aliphatic carbocycles. The van der Waals surface area contributed by atoms with Crippen molar-refractivity contribution in [2.75, 3.05) is 5.32 Å². The summed E-state index contributed by atoms with van der Waals surface area (Å²) in [6.07, 6.45) is -9.95. The van der Waals surface area contributed by atoms with Gasteiger partial charge >= 0.3 is 12.4 Å². The number of rotatable bonds is 3. The zero-order valence-electron chi connectivity index (χ0n) is 14.2. The number of alkyl halides is 6. The van der Waals surface area contributed by atoms with Crippen LogP contribution >= 0.6 is 0 Å². The lowest BCUT2D eigenvalue weighted by Crippen LogP contribution is -2.17. The smallest absolute Gasteiger partial charge is 0.450 e. The van der Waals surface area contributed by atoms with E-state index in [2.05, 4.69) is 0 Å². The molecule has 1 amide bonds. The van der Waals surface area contributed by atoms with E-state index in [0.717, 1.165) is 6.07 Å². The highest BCUT2D eigenvalue weighted by atomic mass is 19.4. The molecule has 29 heavy (non-hydrogen) atoms. The highest BCUT2D eigenvalue weighted by Gasteiger charge is 2.40. The van der Waals surface area contributed by atoms with Crippen LogP contribution in [0.15, 0.2) is 59.0 Å². The first kappa shape index (κ1) is 20.4. The molecular weight excluding hydrogens is 407 g/mol. The second-order valence-corrected chi connectivity index (χ2v) is 5.90. The van der Waals surface area contributed by atoms with Crippen LogP contribution in [0.5, 0.6) is 0 Å². The molecular formula is C19H10F7NO2. The Morgan fingerprint density at radius 2 is 1.52 bits per heavy atom. The number of carbonyl (C=O) groups is 1. The van der Waals surface area contributed by atoms with E-state index in [1.807, 2.05) is 5.32 Å². The lowest BCUT2D eigenvalue weighted by molar-refractivity contribution is -0.153. The maximum atomic E-state index is 13.5. The Bertz CT molecular complexity index is 1040. The number of benzene rings is 2. The average molecular weight is 417 g/mol. The molecule has 0 aliphatic heterocycles. The fourth-order valence-corrected chi connectivity index (χ4v) is 2.54. The highest BCUT2D eigenvalue weighted by molar-refractivity contribution is 6.05. The van der Waals surface area contributed by atoms with Gasteiger partial charge in [0.1, 0.15) is 11.6 Å². The van der Waals surface area contributed by atoms with E-state index in [1.54, 1.807) is 6.07 Å². The molecule has 10 heteroatoms. The number of anilines is 1. The van der Waals surface area contributed by atoms with Crippen LogP contribution in [0.4, 0.5) is 36.4 Å². The van der Waals surface area contributed by atoms with Crippen LogP contribution in [-0.4, -0.2) is 5.91 Å². The summed E-state index contributed by atoms with van der Waals surface area (Å²) in [5, 5.41) is 1.85. The standard InChI is InChI=1S/C19H10F7NO2/c20-12-6-11(18(21,22)23)7-13(8-12)27-17(28)14-9-15(10-4-2-1-3-5-10)29-16(14)19(24,25)26/h1-9H,(H,27,28). The molecule has 3 aromatic rings. The van der Waals surface area contributed by atoms with E-state index >= 15 is 0 Å². The third-order valence-corrected chi connectivity index (χ3v) is 3.78. The molecule has 0 atom stereocenters. The van der Waals surface area contributed by atoms with Crippen molar-refractivity contribution in [1.82, 2.24) is 0 Å². The Balaban J connectivity index is 1.99. The van der Waals surface area contributed by atoms with Crippen LogP contribution in [0.25, 0.3) is 11.3 Å². The van der Waals surface area contributed by atoms with Crippen molar-refractivity contribution in [2.24, 2.45) is 0 Å².